The second-order valence-electron chi connectivity index (χ2n) is 4.73. The van der Waals surface area contributed by atoms with Gasteiger partial charge in [-0.1, -0.05) is 0 Å². The minimum atomic E-state index is -3.62. The van der Waals surface area contributed by atoms with Crippen LogP contribution in [0.25, 0.3) is 0 Å². The molecule has 1 unspecified atom stereocenters. The van der Waals surface area contributed by atoms with Gasteiger partial charge in [0, 0.05) is 31.9 Å². The molecule has 3 N–H and O–H groups in total. The number of hydrogen-bond acceptors (Lipinski definition) is 6. The summed E-state index contributed by atoms with van der Waals surface area (Å²) in [5.41, 5.74) is 2.70. The molecule has 1 saturated heterocycles. The predicted octanol–water partition coefficient (Wildman–Crippen LogP) is -0.308. The maximum atomic E-state index is 12.6. The van der Waals surface area contributed by atoms with Gasteiger partial charge in [-0.25, -0.2) is 13.4 Å². The molecule has 0 aliphatic carbocycles. The van der Waals surface area contributed by atoms with Gasteiger partial charge in [0.05, 0.1) is 5.69 Å². The normalized spacial score (nSPS) is 22.4. The first kappa shape index (κ1) is 14.2. The molecule has 1 atom stereocenters. The predicted molar refractivity (Wildman–Crippen MR) is 72.9 cm³/mol. The first-order valence-electron chi connectivity index (χ1n) is 6.09. The van der Waals surface area contributed by atoms with Crippen molar-refractivity contribution in [1.29, 1.82) is 0 Å². The molecule has 2 rings (SSSR count). The lowest BCUT2D eigenvalue weighted by molar-refractivity contribution is 0.170. The number of rotatable bonds is 3. The SMILES string of the molecule is CC1CN(C)CCN1S(=O)(=O)c1ncccc1NN. The number of hydrogen-bond donors (Lipinski definition) is 2. The zero-order valence-corrected chi connectivity index (χ0v) is 11.9. The molecule has 1 aliphatic rings. The summed E-state index contributed by atoms with van der Waals surface area (Å²) in [5.74, 6) is 5.35. The van der Waals surface area contributed by atoms with Gasteiger partial charge < -0.3 is 10.3 Å². The minimum Gasteiger partial charge on any atom is -0.321 e. The summed E-state index contributed by atoms with van der Waals surface area (Å²) in [7, 11) is -1.64. The van der Waals surface area contributed by atoms with E-state index in [0.29, 0.717) is 25.3 Å². The number of nitrogens with one attached hydrogen (secondary N) is 1. The molecule has 8 heteroatoms. The van der Waals surface area contributed by atoms with Crippen LogP contribution in [0.15, 0.2) is 23.4 Å². The summed E-state index contributed by atoms with van der Waals surface area (Å²) in [6, 6.07) is 3.15. The average molecular weight is 285 g/mol. The summed E-state index contributed by atoms with van der Waals surface area (Å²) in [5, 5.41) is -0.0195. The maximum Gasteiger partial charge on any atom is 0.263 e. The van der Waals surface area contributed by atoms with Crippen molar-refractivity contribution in [3.05, 3.63) is 18.3 Å². The molecule has 1 aromatic rings. The Labute approximate surface area is 113 Å². The van der Waals surface area contributed by atoms with Gasteiger partial charge in [0.1, 0.15) is 0 Å². The number of pyridine rings is 1. The number of nitrogens with two attached hydrogens (primary N) is 1. The Kier molecular flexibility index (Phi) is 4.04. The first-order chi connectivity index (χ1) is 8.96. The molecule has 0 radical (unpaired) electrons. The van der Waals surface area contributed by atoms with E-state index in [1.54, 1.807) is 12.1 Å². The first-order valence-corrected chi connectivity index (χ1v) is 7.53. The highest BCUT2D eigenvalue weighted by molar-refractivity contribution is 7.89. The lowest BCUT2D eigenvalue weighted by atomic mass is 10.2. The van der Waals surface area contributed by atoms with Crippen LogP contribution in [0, 0.1) is 0 Å². The Morgan fingerprint density at radius 3 is 2.84 bits per heavy atom. The van der Waals surface area contributed by atoms with Gasteiger partial charge in [-0.15, -0.1) is 0 Å². The second-order valence-corrected chi connectivity index (χ2v) is 6.53. The molecule has 0 bridgehead atoms. The van der Waals surface area contributed by atoms with Crippen molar-refractivity contribution in [1.82, 2.24) is 14.2 Å². The van der Waals surface area contributed by atoms with Gasteiger partial charge >= 0.3 is 0 Å². The van der Waals surface area contributed by atoms with Crippen LogP contribution >= 0.6 is 0 Å². The third-order valence-corrected chi connectivity index (χ3v) is 5.22. The number of nitrogens with zero attached hydrogens (tertiary/aromatic N) is 3. The number of sulfonamides is 1. The molecular weight excluding hydrogens is 266 g/mol. The molecule has 1 aromatic heterocycles. The summed E-state index contributed by atoms with van der Waals surface area (Å²) in [6.45, 7) is 3.77. The third-order valence-electron chi connectivity index (χ3n) is 3.25. The van der Waals surface area contributed by atoms with Gasteiger partial charge in [-0.05, 0) is 26.1 Å². The molecule has 0 spiro atoms. The molecule has 1 fully saturated rings. The largest absolute Gasteiger partial charge is 0.321 e. The van der Waals surface area contributed by atoms with Gasteiger partial charge in [0.2, 0.25) is 0 Å². The van der Waals surface area contributed by atoms with Crippen LogP contribution < -0.4 is 11.3 Å². The smallest absolute Gasteiger partial charge is 0.263 e. The monoisotopic (exact) mass is 285 g/mol. The topological polar surface area (TPSA) is 91.6 Å². The quantitative estimate of drug-likeness (QED) is 0.585. The summed E-state index contributed by atoms with van der Waals surface area (Å²) >= 11 is 0. The van der Waals surface area contributed by atoms with Crippen molar-refractivity contribution in [2.75, 3.05) is 32.1 Å². The summed E-state index contributed by atoms with van der Waals surface area (Å²) < 4.78 is 26.7. The van der Waals surface area contributed by atoms with E-state index in [4.69, 9.17) is 5.84 Å². The zero-order chi connectivity index (χ0) is 14.0. The fourth-order valence-electron chi connectivity index (χ4n) is 2.30. The summed E-state index contributed by atoms with van der Waals surface area (Å²) in [6.07, 6.45) is 1.45. The third kappa shape index (κ3) is 2.71. The molecule has 0 amide bonds. The molecule has 1 aliphatic heterocycles. The Morgan fingerprint density at radius 2 is 2.21 bits per heavy atom. The van der Waals surface area contributed by atoms with Gasteiger partial charge in [0.15, 0.2) is 5.03 Å². The molecule has 0 saturated carbocycles. The van der Waals surface area contributed by atoms with E-state index < -0.39 is 10.0 Å². The molecule has 0 aromatic carbocycles. The van der Waals surface area contributed by atoms with Crippen LogP contribution in [0.3, 0.4) is 0 Å². The van der Waals surface area contributed by atoms with Crippen molar-refractivity contribution in [3.63, 3.8) is 0 Å². The van der Waals surface area contributed by atoms with Crippen molar-refractivity contribution in [2.45, 2.75) is 18.0 Å². The van der Waals surface area contributed by atoms with Crippen molar-refractivity contribution in [2.24, 2.45) is 5.84 Å². The van der Waals surface area contributed by atoms with Crippen molar-refractivity contribution < 1.29 is 8.42 Å². The van der Waals surface area contributed by atoms with Crippen LogP contribution in [0.2, 0.25) is 0 Å². The number of aromatic nitrogens is 1. The number of likely N-dealkylation sites (N-methyl/N-ethyl adjacent to an activating group) is 1. The van der Waals surface area contributed by atoms with E-state index in [9.17, 15) is 8.42 Å². The van der Waals surface area contributed by atoms with E-state index in [-0.39, 0.29) is 11.1 Å². The van der Waals surface area contributed by atoms with Crippen LogP contribution in [0.1, 0.15) is 6.92 Å². The van der Waals surface area contributed by atoms with Crippen LogP contribution in [-0.2, 0) is 10.0 Å². The van der Waals surface area contributed by atoms with Crippen molar-refractivity contribution >= 4 is 15.7 Å². The average Bonchev–Trinajstić information content (AvgIpc) is 2.38. The fraction of sp³-hybridized carbons (Fsp3) is 0.545. The highest BCUT2D eigenvalue weighted by atomic mass is 32.2. The molecule has 19 heavy (non-hydrogen) atoms. The van der Waals surface area contributed by atoms with Gasteiger partial charge in [-0.2, -0.15) is 4.31 Å². The maximum absolute atomic E-state index is 12.6. The number of hydrazine groups is 1. The highest BCUT2D eigenvalue weighted by Gasteiger charge is 2.34. The Morgan fingerprint density at radius 1 is 1.47 bits per heavy atom. The molecule has 2 heterocycles. The number of piperazine rings is 1. The number of anilines is 1. The Bertz CT molecular complexity index is 548. The Balaban J connectivity index is 2.37. The molecule has 7 nitrogen and oxygen atoms in total. The summed E-state index contributed by atoms with van der Waals surface area (Å²) in [4.78, 5) is 6.07. The standard InChI is InChI=1S/C11H19N5O2S/c1-9-8-15(2)6-7-16(9)19(17,18)11-10(14-12)4-3-5-13-11/h3-5,9,14H,6-8,12H2,1-2H3. The lowest BCUT2D eigenvalue weighted by Crippen LogP contribution is -2.52. The second kappa shape index (κ2) is 5.41. The van der Waals surface area contributed by atoms with E-state index in [1.807, 2.05) is 14.0 Å². The van der Waals surface area contributed by atoms with E-state index >= 15 is 0 Å². The van der Waals surface area contributed by atoms with Gasteiger partial charge in [0.25, 0.3) is 10.0 Å². The minimum absolute atomic E-state index is 0.0195. The van der Waals surface area contributed by atoms with Gasteiger partial charge in [-0.3, -0.25) is 5.84 Å². The van der Waals surface area contributed by atoms with E-state index in [0.717, 1.165) is 0 Å². The fourth-order valence-corrected chi connectivity index (χ4v) is 3.98. The van der Waals surface area contributed by atoms with E-state index in [2.05, 4.69) is 15.3 Å². The highest BCUT2D eigenvalue weighted by Crippen LogP contribution is 2.24. The van der Waals surface area contributed by atoms with Crippen LogP contribution in [-0.4, -0.2) is 55.3 Å². The molecule has 106 valence electrons. The van der Waals surface area contributed by atoms with Crippen LogP contribution in [0.4, 0.5) is 5.69 Å². The van der Waals surface area contributed by atoms with Crippen LogP contribution in [0.5, 0.6) is 0 Å². The Hall–Kier alpha value is -1.22. The van der Waals surface area contributed by atoms with E-state index in [1.165, 1.54) is 10.5 Å². The molecular formula is C11H19N5O2S. The zero-order valence-electron chi connectivity index (χ0n) is 11.1. The lowest BCUT2D eigenvalue weighted by Gasteiger charge is -2.37. The number of nitrogen functional groups attached to an aromatic ring is 1. The van der Waals surface area contributed by atoms with Crippen molar-refractivity contribution in [3.8, 4) is 0 Å².